The number of aromatic nitrogens is 1. The number of carbonyl (C=O) groups excluding carboxylic acids is 1. The van der Waals surface area contributed by atoms with E-state index in [-0.39, 0.29) is 5.75 Å². The highest BCUT2D eigenvalue weighted by atomic mass is 19.1. The van der Waals surface area contributed by atoms with E-state index in [0.29, 0.717) is 17.9 Å². The molecule has 1 heterocycles. The second kappa shape index (κ2) is 5.95. The molecule has 0 fully saturated rings. The second-order valence-corrected chi connectivity index (χ2v) is 3.66. The van der Waals surface area contributed by atoms with E-state index >= 15 is 0 Å². The van der Waals surface area contributed by atoms with Gasteiger partial charge >= 0.3 is 5.97 Å². The van der Waals surface area contributed by atoms with Gasteiger partial charge in [0.25, 0.3) is 0 Å². The van der Waals surface area contributed by atoms with E-state index in [2.05, 4.69) is 4.98 Å². The summed E-state index contributed by atoms with van der Waals surface area (Å²) in [7, 11) is 0. The van der Waals surface area contributed by atoms with Crippen molar-refractivity contribution in [3.8, 4) is 11.5 Å². The molecule has 0 radical (unpaired) electrons. The molecule has 5 heteroatoms. The van der Waals surface area contributed by atoms with Gasteiger partial charge in [0.15, 0.2) is 0 Å². The fraction of sp³-hybridized carbons (Fsp3) is 0.143. The number of ether oxygens (including phenoxy) is 2. The lowest BCUT2D eigenvalue weighted by Gasteiger charge is -2.05. The summed E-state index contributed by atoms with van der Waals surface area (Å²) in [5.41, 5.74) is 0.382. The van der Waals surface area contributed by atoms with Gasteiger partial charge < -0.3 is 9.47 Å². The lowest BCUT2D eigenvalue weighted by molar-refractivity contribution is 0.0734. The van der Waals surface area contributed by atoms with Crippen molar-refractivity contribution in [2.45, 2.75) is 6.92 Å². The van der Waals surface area contributed by atoms with E-state index < -0.39 is 11.9 Å². The van der Waals surface area contributed by atoms with Crippen molar-refractivity contribution >= 4 is 5.97 Å². The number of hydrogen-bond acceptors (Lipinski definition) is 4. The molecule has 19 heavy (non-hydrogen) atoms. The minimum atomic E-state index is -0.624. The van der Waals surface area contributed by atoms with Crippen molar-refractivity contribution in [2.75, 3.05) is 6.61 Å². The smallest absolute Gasteiger partial charge is 0.343 e. The Labute approximate surface area is 109 Å². The molecule has 0 saturated heterocycles. The second-order valence-electron chi connectivity index (χ2n) is 3.66. The third-order valence-electron chi connectivity index (χ3n) is 2.31. The average molecular weight is 261 g/mol. The lowest BCUT2D eigenvalue weighted by atomic mass is 10.2. The standard InChI is InChI=1S/C14H12FNO3/c1-2-18-11-5-3-10(4-6-11)14(17)19-12-7-8-13(15)16-9-12/h3-9H,2H2,1H3. The predicted molar refractivity (Wildman–Crippen MR) is 66.8 cm³/mol. The molecule has 0 spiro atoms. The highest BCUT2D eigenvalue weighted by molar-refractivity contribution is 5.91. The molecule has 0 N–H and O–H groups in total. The Morgan fingerprint density at radius 2 is 1.84 bits per heavy atom. The van der Waals surface area contributed by atoms with E-state index in [1.54, 1.807) is 24.3 Å². The van der Waals surface area contributed by atoms with Crippen LogP contribution in [0.25, 0.3) is 0 Å². The fourth-order valence-electron chi connectivity index (χ4n) is 1.44. The van der Waals surface area contributed by atoms with Crippen molar-refractivity contribution in [1.29, 1.82) is 0 Å². The van der Waals surface area contributed by atoms with Crippen LogP contribution < -0.4 is 9.47 Å². The number of esters is 1. The summed E-state index contributed by atoms with van der Waals surface area (Å²) in [5, 5.41) is 0. The number of hydrogen-bond donors (Lipinski definition) is 0. The van der Waals surface area contributed by atoms with Crippen LogP contribution in [0.4, 0.5) is 4.39 Å². The maximum atomic E-state index is 12.6. The first-order valence-electron chi connectivity index (χ1n) is 5.75. The van der Waals surface area contributed by atoms with E-state index in [1.807, 2.05) is 6.92 Å². The molecule has 0 atom stereocenters. The Morgan fingerprint density at radius 1 is 1.16 bits per heavy atom. The minimum absolute atomic E-state index is 0.195. The zero-order chi connectivity index (χ0) is 13.7. The predicted octanol–water partition coefficient (Wildman–Crippen LogP) is 2.84. The maximum Gasteiger partial charge on any atom is 0.343 e. The largest absolute Gasteiger partial charge is 0.494 e. The SMILES string of the molecule is CCOc1ccc(C(=O)Oc2ccc(F)nc2)cc1. The minimum Gasteiger partial charge on any atom is -0.494 e. The number of benzene rings is 1. The van der Waals surface area contributed by atoms with Gasteiger partial charge in [-0.05, 0) is 43.3 Å². The van der Waals surface area contributed by atoms with Gasteiger partial charge in [0.1, 0.15) is 11.5 Å². The van der Waals surface area contributed by atoms with Gasteiger partial charge in [-0.3, -0.25) is 0 Å². The Morgan fingerprint density at radius 3 is 2.42 bits per heavy atom. The van der Waals surface area contributed by atoms with Crippen molar-refractivity contribution in [3.05, 3.63) is 54.1 Å². The Hall–Kier alpha value is -2.43. The van der Waals surface area contributed by atoms with E-state index in [9.17, 15) is 9.18 Å². The highest BCUT2D eigenvalue weighted by Crippen LogP contribution is 2.15. The van der Waals surface area contributed by atoms with Crippen LogP contribution in [0.1, 0.15) is 17.3 Å². The van der Waals surface area contributed by atoms with Crippen LogP contribution in [0, 0.1) is 5.95 Å². The average Bonchev–Trinajstić information content (AvgIpc) is 2.42. The van der Waals surface area contributed by atoms with Crippen LogP contribution in [0.5, 0.6) is 11.5 Å². The zero-order valence-corrected chi connectivity index (χ0v) is 10.3. The van der Waals surface area contributed by atoms with Crippen LogP contribution in [0.3, 0.4) is 0 Å². The molecule has 0 aliphatic carbocycles. The van der Waals surface area contributed by atoms with Crippen LogP contribution in [-0.4, -0.2) is 17.6 Å². The molecule has 2 rings (SSSR count). The molecular weight excluding hydrogens is 249 g/mol. The quantitative estimate of drug-likeness (QED) is 0.627. The monoisotopic (exact) mass is 261 g/mol. The normalized spacial score (nSPS) is 10.0. The molecule has 2 aromatic rings. The van der Waals surface area contributed by atoms with Crippen molar-refractivity contribution in [3.63, 3.8) is 0 Å². The molecule has 0 aliphatic heterocycles. The van der Waals surface area contributed by atoms with Crippen molar-refractivity contribution in [2.24, 2.45) is 0 Å². The topological polar surface area (TPSA) is 48.4 Å². The first-order valence-corrected chi connectivity index (χ1v) is 5.75. The van der Waals surface area contributed by atoms with Gasteiger partial charge in [0.2, 0.25) is 5.95 Å². The summed E-state index contributed by atoms with van der Waals surface area (Å²) in [6, 6.07) is 9.04. The fourth-order valence-corrected chi connectivity index (χ4v) is 1.44. The van der Waals surface area contributed by atoms with Crippen LogP contribution in [0.2, 0.25) is 0 Å². The number of halogens is 1. The van der Waals surface area contributed by atoms with Gasteiger partial charge in [0, 0.05) is 0 Å². The Kier molecular flexibility index (Phi) is 4.07. The summed E-state index contributed by atoms with van der Waals surface area (Å²) in [5.74, 6) is -0.278. The third-order valence-corrected chi connectivity index (χ3v) is 2.31. The van der Waals surface area contributed by atoms with Crippen molar-refractivity contribution in [1.82, 2.24) is 4.98 Å². The lowest BCUT2D eigenvalue weighted by Crippen LogP contribution is -2.08. The number of nitrogens with zero attached hydrogens (tertiary/aromatic N) is 1. The first kappa shape index (κ1) is 13.0. The molecule has 4 nitrogen and oxygen atoms in total. The molecular formula is C14H12FNO3. The first-order chi connectivity index (χ1) is 9.19. The molecule has 1 aromatic carbocycles. The molecule has 98 valence electrons. The highest BCUT2D eigenvalue weighted by Gasteiger charge is 2.09. The molecule has 0 saturated carbocycles. The third kappa shape index (κ3) is 3.51. The van der Waals surface area contributed by atoms with Crippen LogP contribution >= 0.6 is 0 Å². The van der Waals surface area contributed by atoms with Gasteiger partial charge in [-0.15, -0.1) is 0 Å². The van der Waals surface area contributed by atoms with Gasteiger partial charge in [-0.1, -0.05) is 0 Å². The molecule has 0 aliphatic rings. The van der Waals surface area contributed by atoms with E-state index in [1.165, 1.54) is 6.07 Å². The molecule has 0 unspecified atom stereocenters. The van der Waals surface area contributed by atoms with Gasteiger partial charge in [-0.25, -0.2) is 9.78 Å². The number of carbonyl (C=O) groups is 1. The summed E-state index contributed by atoms with van der Waals surface area (Å²) in [6.07, 6.45) is 1.15. The number of pyridine rings is 1. The van der Waals surface area contributed by atoms with E-state index in [4.69, 9.17) is 9.47 Å². The van der Waals surface area contributed by atoms with Crippen LogP contribution in [-0.2, 0) is 0 Å². The molecule has 1 aromatic heterocycles. The zero-order valence-electron chi connectivity index (χ0n) is 10.3. The molecule has 0 amide bonds. The summed E-state index contributed by atoms with van der Waals surface area (Å²) in [4.78, 5) is 15.2. The summed E-state index contributed by atoms with van der Waals surface area (Å²) < 4.78 is 22.9. The van der Waals surface area contributed by atoms with Crippen LogP contribution in [0.15, 0.2) is 42.6 Å². The maximum absolute atomic E-state index is 12.6. The summed E-state index contributed by atoms with van der Waals surface area (Å²) >= 11 is 0. The van der Waals surface area contributed by atoms with Gasteiger partial charge in [0.05, 0.1) is 18.4 Å². The van der Waals surface area contributed by atoms with Gasteiger partial charge in [-0.2, -0.15) is 4.39 Å². The Bertz CT molecular complexity index is 552. The summed E-state index contributed by atoms with van der Waals surface area (Å²) in [6.45, 7) is 2.44. The van der Waals surface area contributed by atoms with E-state index in [0.717, 1.165) is 12.3 Å². The van der Waals surface area contributed by atoms with Crippen molar-refractivity contribution < 1.29 is 18.7 Å². The Balaban J connectivity index is 2.05. The number of rotatable bonds is 4. The molecule has 0 bridgehead atoms.